The molecular formula is C11H15O5PS. The van der Waals surface area contributed by atoms with Gasteiger partial charge in [-0.05, 0) is 12.1 Å². The van der Waals surface area contributed by atoms with Crippen molar-refractivity contribution >= 4 is 22.8 Å². The maximum absolute atomic E-state index is 10.9. The van der Waals surface area contributed by atoms with E-state index in [0.29, 0.717) is 4.90 Å². The van der Waals surface area contributed by atoms with Gasteiger partial charge in [0.25, 0.3) is 6.72 Å². The van der Waals surface area contributed by atoms with Crippen molar-refractivity contribution in [3.8, 4) is 0 Å². The van der Waals surface area contributed by atoms with Crippen molar-refractivity contribution in [2.75, 3.05) is 12.4 Å². The lowest BCUT2D eigenvalue weighted by atomic mass is 10.4. The first-order valence-corrected chi connectivity index (χ1v) is 8.73. The van der Waals surface area contributed by atoms with Gasteiger partial charge in [-0.3, -0.25) is 0 Å². The van der Waals surface area contributed by atoms with E-state index in [-0.39, 0.29) is 12.4 Å². The van der Waals surface area contributed by atoms with Gasteiger partial charge < -0.3 is 19.4 Å². The first-order valence-electron chi connectivity index (χ1n) is 5.08. The summed E-state index contributed by atoms with van der Waals surface area (Å²) in [7, 11) is -1.16. The average Bonchev–Trinajstić information content (AvgIpc) is 2.33. The zero-order valence-corrected chi connectivity index (χ0v) is 11.3. The molecule has 0 aliphatic carbocycles. The summed E-state index contributed by atoms with van der Waals surface area (Å²) in [4.78, 5) is 39.8. The predicted molar refractivity (Wildman–Crippen MR) is 71.7 cm³/mol. The second-order valence-corrected chi connectivity index (χ2v) is 8.69. The van der Waals surface area contributed by atoms with Crippen LogP contribution in [-0.2, 0) is 19.6 Å². The highest BCUT2D eigenvalue weighted by Crippen LogP contribution is 2.39. The van der Waals surface area contributed by atoms with E-state index in [9.17, 15) is 19.5 Å². The molecule has 0 saturated heterocycles. The highest BCUT2D eigenvalue weighted by Gasteiger charge is 2.15. The largest absolute Gasteiger partial charge is 0.462 e. The van der Waals surface area contributed by atoms with Crippen LogP contribution in [0.3, 0.4) is 0 Å². The van der Waals surface area contributed by atoms with Gasteiger partial charge in [0.05, 0.1) is 0 Å². The third-order valence-electron chi connectivity index (χ3n) is 2.00. The first kappa shape index (κ1) is 15.1. The maximum atomic E-state index is 10.9. The molecule has 3 N–H and O–H groups in total. The smallest absolute Gasteiger partial charge is 0.330 e. The summed E-state index contributed by atoms with van der Waals surface area (Å²) in [5.74, 6) is -0.426. The van der Waals surface area contributed by atoms with Crippen LogP contribution in [0, 0.1) is 0 Å². The van der Waals surface area contributed by atoms with Crippen molar-refractivity contribution < 1.29 is 24.2 Å². The van der Waals surface area contributed by atoms with E-state index in [1.165, 1.54) is 0 Å². The SMILES string of the molecule is C=CC(=O)OCCS(c1ccccc1)=P(O)(O)O. The zero-order chi connectivity index (χ0) is 13.6. The molecule has 0 bridgehead atoms. The topological polar surface area (TPSA) is 87.0 Å². The van der Waals surface area contributed by atoms with E-state index in [4.69, 9.17) is 4.74 Å². The fourth-order valence-electron chi connectivity index (χ4n) is 1.24. The molecular weight excluding hydrogens is 275 g/mol. The quantitative estimate of drug-likeness (QED) is 0.428. The van der Waals surface area contributed by atoms with Crippen LogP contribution in [0.5, 0.6) is 0 Å². The van der Waals surface area contributed by atoms with E-state index >= 15 is 0 Å². The molecule has 0 aliphatic rings. The summed E-state index contributed by atoms with van der Waals surface area (Å²) in [5.41, 5.74) is 0. The Bertz CT molecular complexity index is 471. The Balaban J connectivity index is 2.84. The molecule has 5 nitrogen and oxygen atoms in total. The number of benzene rings is 1. The molecule has 7 heteroatoms. The molecule has 0 amide bonds. The maximum Gasteiger partial charge on any atom is 0.330 e. The van der Waals surface area contributed by atoms with Crippen LogP contribution in [0.25, 0.3) is 0 Å². The highest BCUT2D eigenvalue weighted by atomic mass is 32.5. The molecule has 1 aromatic carbocycles. The molecule has 0 spiro atoms. The number of hydrogen-bond donors (Lipinski definition) is 3. The number of hydrogen-bond acceptors (Lipinski definition) is 2. The second kappa shape index (κ2) is 6.87. The molecule has 1 aromatic rings. The van der Waals surface area contributed by atoms with Gasteiger partial charge in [-0.15, -0.1) is 0 Å². The lowest BCUT2D eigenvalue weighted by Crippen LogP contribution is -2.11. The van der Waals surface area contributed by atoms with Crippen LogP contribution in [0.15, 0.2) is 47.9 Å². The summed E-state index contributed by atoms with van der Waals surface area (Å²) < 4.78 is 4.77. The number of carbonyl (C=O) groups excluding carboxylic acids is 1. The van der Waals surface area contributed by atoms with Crippen molar-refractivity contribution in [3.63, 3.8) is 0 Å². The van der Waals surface area contributed by atoms with E-state index in [0.717, 1.165) is 6.08 Å². The van der Waals surface area contributed by atoms with Gasteiger partial charge in [-0.2, -0.15) is 0 Å². The molecule has 0 heterocycles. The van der Waals surface area contributed by atoms with Crippen molar-refractivity contribution in [2.45, 2.75) is 4.90 Å². The Labute approximate surface area is 108 Å². The Morgan fingerprint density at radius 3 is 2.44 bits per heavy atom. The van der Waals surface area contributed by atoms with E-state index in [2.05, 4.69) is 6.58 Å². The number of rotatable bonds is 5. The average molecular weight is 290 g/mol. The lowest BCUT2D eigenvalue weighted by Gasteiger charge is -2.15. The predicted octanol–water partition coefficient (Wildman–Crippen LogP) is 1.05. The van der Waals surface area contributed by atoms with E-state index in [1.807, 2.05) is 0 Å². The monoisotopic (exact) mass is 290 g/mol. The molecule has 1 rings (SSSR count). The Morgan fingerprint density at radius 2 is 1.94 bits per heavy atom. The Hall–Kier alpha value is -0.910. The number of carbonyl (C=O) groups is 1. The van der Waals surface area contributed by atoms with Crippen molar-refractivity contribution in [3.05, 3.63) is 43.0 Å². The minimum Gasteiger partial charge on any atom is -0.462 e. The minimum atomic E-state index is -4.01. The summed E-state index contributed by atoms with van der Waals surface area (Å²) in [6.07, 6.45) is 1.03. The van der Waals surface area contributed by atoms with Crippen molar-refractivity contribution in [1.82, 2.24) is 0 Å². The fraction of sp³-hybridized carbons (Fsp3) is 0.182. The summed E-state index contributed by atoms with van der Waals surface area (Å²) in [6, 6.07) is 8.64. The van der Waals surface area contributed by atoms with Gasteiger partial charge in [0.15, 0.2) is 0 Å². The van der Waals surface area contributed by atoms with Gasteiger partial charge in [0.2, 0.25) is 0 Å². The molecule has 0 fully saturated rings. The number of ether oxygens (including phenoxy) is 1. The van der Waals surface area contributed by atoms with Crippen LogP contribution < -0.4 is 0 Å². The first-order chi connectivity index (χ1) is 8.45. The Morgan fingerprint density at radius 1 is 1.33 bits per heavy atom. The normalized spacial score (nSPS) is 12.8. The third-order valence-corrected chi connectivity index (χ3v) is 6.91. The van der Waals surface area contributed by atoms with Crippen LogP contribution in [-0.4, -0.2) is 33.0 Å². The molecule has 0 aromatic heterocycles. The Kier molecular flexibility index (Phi) is 5.78. The lowest BCUT2D eigenvalue weighted by molar-refractivity contribution is -0.137. The molecule has 100 valence electrons. The molecule has 1 unspecified atom stereocenters. The summed E-state index contributed by atoms with van der Waals surface area (Å²) in [5, 5.41) is 0. The van der Waals surface area contributed by atoms with Gasteiger partial charge in [-0.1, -0.05) is 34.9 Å². The second-order valence-electron chi connectivity index (χ2n) is 3.27. The summed E-state index contributed by atoms with van der Waals surface area (Å²) in [6.45, 7) is -0.761. The van der Waals surface area contributed by atoms with Crippen molar-refractivity contribution in [2.24, 2.45) is 0 Å². The van der Waals surface area contributed by atoms with Gasteiger partial charge in [-0.25, -0.2) is 4.79 Å². The standard InChI is InChI=1S/C11H15O5PS/c1-2-11(12)16-8-9-18(17(13,14)15)10-6-4-3-5-7-10/h2-7,13-15H,1,8-9H2. The fourth-order valence-corrected chi connectivity index (χ4v) is 4.89. The van der Waals surface area contributed by atoms with Gasteiger partial charge in [0.1, 0.15) is 6.61 Å². The van der Waals surface area contributed by atoms with Crippen LogP contribution in [0.4, 0.5) is 0 Å². The molecule has 18 heavy (non-hydrogen) atoms. The number of esters is 1. The van der Waals surface area contributed by atoms with Gasteiger partial charge in [0, 0.05) is 16.7 Å². The molecule has 0 aliphatic heterocycles. The zero-order valence-electron chi connectivity index (χ0n) is 9.60. The highest BCUT2D eigenvalue weighted by molar-refractivity contribution is 8.27. The van der Waals surface area contributed by atoms with Crippen LogP contribution in [0.2, 0.25) is 0 Å². The molecule has 0 saturated carbocycles. The third kappa shape index (κ3) is 4.76. The van der Waals surface area contributed by atoms with E-state index in [1.54, 1.807) is 30.3 Å². The van der Waals surface area contributed by atoms with Crippen LogP contribution in [0.1, 0.15) is 0 Å². The van der Waals surface area contributed by atoms with Gasteiger partial charge >= 0.3 is 5.97 Å². The summed E-state index contributed by atoms with van der Waals surface area (Å²) >= 11 is 0. The molecule has 1 atom stereocenters. The van der Waals surface area contributed by atoms with Crippen molar-refractivity contribution in [1.29, 1.82) is 0 Å². The van der Waals surface area contributed by atoms with E-state index < -0.39 is 22.8 Å². The minimum absolute atomic E-state index is 0.00765. The van der Waals surface area contributed by atoms with Crippen LogP contribution >= 0.6 is 6.72 Å². The molecule has 0 radical (unpaired) electrons.